The second-order valence-corrected chi connectivity index (χ2v) is 133. The van der Waals surface area contributed by atoms with Crippen LogP contribution in [0.3, 0.4) is 0 Å². The molecule has 0 amide bonds. The number of hydrogen-bond acceptors (Lipinski definition) is 0. The van der Waals surface area contributed by atoms with Crippen LogP contribution in [0.4, 0.5) is 0 Å². The first-order valence-electron chi connectivity index (χ1n) is 12.7. The zero-order chi connectivity index (χ0) is 23.8. The van der Waals surface area contributed by atoms with Crippen molar-refractivity contribution < 1.29 is 12.6 Å². The molecule has 0 saturated carbocycles. The molecule has 0 aromatic heterocycles. The molecule has 0 nitrogen and oxygen atoms in total. The summed E-state index contributed by atoms with van der Waals surface area (Å²) in [7, 11) is 0. The number of hydrogen-bond donors (Lipinski definition) is 0. The molecule has 173 valence electrons. The summed E-state index contributed by atoms with van der Waals surface area (Å²) in [6, 6.07) is 5.19. The zero-order valence-corrected chi connectivity index (χ0v) is 26.2. The summed E-state index contributed by atoms with van der Waals surface area (Å²) in [5.74, 6) is 0. The van der Waals surface area contributed by atoms with Crippen molar-refractivity contribution in [2.24, 2.45) is 10.8 Å². The van der Waals surface area contributed by atoms with E-state index in [1.165, 1.54) is 18.4 Å². The van der Waals surface area contributed by atoms with Crippen LogP contribution >= 0.6 is 0 Å². The normalized spacial score (nSPS) is 31.7. The molecule has 4 rings (SSSR count). The van der Waals surface area contributed by atoms with E-state index in [9.17, 15) is 0 Å². The summed E-state index contributed by atoms with van der Waals surface area (Å²) < 4.78 is 19.5. The van der Waals surface area contributed by atoms with Crippen LogP contribution in [0.2, 0.25) is 36.4 Å². The van der Waals surface area contributed by atoms with E-state index in [0.717, 1.165) is 0 Å². The fourth-order valence-electron chi connectivity index (χ4n) is 10.2. The van der Waals surface area contributed by atoms with Gasteiger partial charge in [0.25, 0.3) is 0 Å². The third-order valence-corrected chi connectivity index (χ3v) is 56.1. The van der Waals surface area contributed by atoms with Gasteiger partial charge in [-0.15, -0.1) is 0 Å². The van der Waals surface area contributed by atoms with Crippen molar-refractivity contribution in [1.82, 2.24) is 0 Å². The molecule has 0 radical (unpaired) electrons. The fourth-order valence-corrected chi connectivity index (χ4v) is 56.6. The molecule has 1 unspecified atom stereocenters. The fraction of sp³-hybridized carbons (Fsp3) is 0.600. The number of benzene rings is 1. The van der Waals surface area contributed by atoms with E-state index in [1.54, 1.807) is 16.7 Å². The Bertz CT molecular complexity index is 1170. The Kier molecular flexibility index (Phi) is 2.90. The van der Waals surface area contributed by atoms with E-state index in [-0.39, 0.29) is 8.59 Å². The summed E-state index contributed by atoms with van der Waals surface area (Å²) in [4.78, 5) is 0. The van der Waals surface area contributed by atoms with Crippen molar-refractivity contribution >= 4 is 6.08 Å². The van der Waals surface area contributed by atoms with Crippen LogP contribution in [-0.2, 0) is 28.6 Å². The molecule has 0 aliphatic heterocycles. The van der Waals surface area contributed by atoms with Crippen LogP contribution in [0.15, 0.2) is 42.5 Å². The molecule has 0 heterocycles. The Labute approximate surface area is 180 Å². The quantitative estimate of drug-likeness (QED) is 0.302. The van der Waals surface area contributed by atoms with Crippen molar-refractivity contribution in [2.75, 3.05) is 0 Å². The maximum absolute atomic E-state index is 5.74. The van der Waals surface area contributed by atoms with Gasteiger partial charge in [-0.3, -0.25) is 0 Å². The number of fused-ring (bicyclic) bond motifs is 2. The second-order valence-electron chi connectivity index (χ2n) is 23.8. The van der Waals surface area contributed by atoms with Crippen molar-refractivity contribution in [3.05, 3.63) is 64.8 Å². The van der Waals surface area contributed by atoms with E-state index in [1.807, 2.05) is 0 Å². The van der Waals surface area contributed by atoms with E-state index >= 15 is 0 Å². The third kappa shape index (κ3) is 2.51. The summed E-state index contributed by atoms with van der Waals surface area (Å²) in [5, 5.41) is 0. The molecule has 1 atom stereocenters. The van der Waals surface area contributed by atoms with Crippen LogP contribution in [-0.4, -0.2) is 0 Å². The van der Waals surface area contributed by atoms with E-state index < -0.39 is 12.6 Å². The van der Waals surface area contributed by atoms with Gasteiger partial charge in [-0.2, -0.15) is 0 Å². The van der Waals surface area contributed by atoms with Crippen LogP contribution in [0, 0.1) is 10.8 Å². The molecule has 1 aromatic carbocycles. The van der Waals surface area contributed by atoms with Gasteiger partial charge >= 0.3 is 181 Å². The van der Waals surface area contributed by atoms with E-state index in [2.05, 4.69) is 116 Å². The van der Waals surface area contributed by atoms with Gasteiger partial charge in [0.05, 0.1) is 0 Å². The number of rotatable bonds is 2. The predicted octanol–water partition coefficient (Wildman–Crippen LogP) is 10.2. The first-order valence-corrected chi connectivity index (χ1v) is 41.7. The van der Waals surface area contributed by atoms with Crippen LogP contribution < -0.4 is 0 Å². The summed E-state index contributed by atoms with van der Waals surface area (Å²) in [6.45, 7) is 12.3. The summed E-state index contributed by atoms with van der Waals surface area (Å²) in [6.07, 6.45) is 17.1. The Balaban J connectivity index is 2.25. The Morgan fingerprint density at radius 2 is 1.29 bits per heavy atom. The molecular weight excluding hydrogens is 539 g/mol. The maximum atomic E-state index is 2.74. The molecule has 3 aliphatic rings. The standard InChI is InChI=1S/C18H23.C5H5.7CH3.Hf/c1-17(2,3)16-7-6-12-8-13-10-18(4,5)11-14(13)9-15(12)16;1-2-4-5-3-1;;;;;;;;/h6-9H,10-11H2,1-5H3;1-5H;7*1H3;. The van der Waals surface area contributed by atoms with E-state index in [4.69, 9.17) is 0 Å². The van der Waals surface area contributed by atoms with Crippen molar-refractivity contribution in [3.63, 3.8) is 0 Å². The topological polar surface area (TPSA) is 0 Å². The summed E-state index contributed by atoms with van der Waals surface area (Å²) in [5.41, 5.74) is 6.57. The summed E-state index contributed by atoms with van der Waals surface area (Å²) >= 11 is -5.74. The van der Waals surface area contributed by atoms with Gasteiger partial charge in [-0.1, -0.05) is 0 Å². The van der Waals surface area contributed by atoms with Gasteiger partial charge < -0.3 is 0 Å². The molecule has 0 spiro atoms. The minimum atomic E-state index is -5.74. The van der Waals surface area contributed by atoms with Gasteiger partial charge in [0, 0.05) is 0 Å². The first-order chi connectivity index (χ1) is 13.1. The molecule has 3 aliphatic carbocycles. The van der Waals surface area contributed by atoms with Crippen molar-refractivity contribution in [1.29, 1.82) is 0 Å². The predicted molar refractivity (Wildman–Crippen MR) is 141 cm³/mol. The SMILES string of the molecule is CC1(C)Cc2cc3c(cc2C1)[C](C(C)(C)C)([Hf]([CH3])([CH3])([CH3])([CH3])([CH3])([CH3])([CH3])[CH]1C=CC=C1)C=C3. The van der Waals surface area contributed by atoms with E-state index in [0.29, 0.717) is 9.09 Å². The number of allylic oxidation sites excluding steroid dienone is 5. The van der Waals surface area contributed by atoms with Gasteiger partial charge in [0.1, 0.15) is 0 Å². The first kappa shape index (κ1) is 23.5. The Hall–Kier alpha value is -0.690. The zero-order valence-electron chi connectivity index (χ0n) is 22.6. The van der Waals surface area contributed by atoms with Crippen LogP contribution in [0.5, 0.6) is 0 Å². The van der Waals surface area contributed by atoms with Gasteiger partial charge in [0.15, 0.2) is 0 Å². The molecule has 31 heavy (non-hydrogen) atoms. The molecule has 0 fully saturated rings. The molecule has 1 aromatic rings. The third-order valence-electron chi connectivity index (χ3n) is 11.1. The molecule has 1 heteroatoms. The average Bonchev–Trinajstić information content (AvgIpc) is 3.16. The average molecular weight is 588 g/mol. The minimum absolute atomic E-state index is 0.0304. The monoisotopic (exact) mass is 589 g/mol. The molecule has 0 bridgehead atoms. The van der Waals surface area contributed by atoms with Crippen LogP contribution in [0.25, 0.3) is 6.08 Å². The second kappa shape index (κ2) is 3.83. The van der Waals surface area contributed by atoms with Gasteiger partial charge in [0.2, 0.25) is 0 Å². The van der Waals surface area contributed by atoms with Gasteiger partial charge in [-0.25, -0.2) is 0 Å². The molecular formula is C30H49Hf. The Morgan fingerprint density at radius 1 is 0.806 bits per heavy atom. The molecule has 0 saturated heterocycles. The molecule has 0 N–H and O–H groups in total. The Morgan fingerprint density at radius 3 is 1.77 bits per heavy atom. The van der Waals surface area contributed by atoms with Crippen LogP contribution in [0.1, 0.15) is 56.9 Å². The van der Waals surface area contributed by atoms with Gasteiger partial charge in [-0.05, 0) is 0 Å². The van der Waals surface area contributed by atoms with Crippen molar-refractivity contribution in [2.45, 2.75) is 87.1 Å². The van der Waals surface area contributed by atoms with Crippen molar-refractivity contribution in [3.8, 4) is 0 Å².